The zero-order valence-electron chi connectivity index (χ0n) is 19.3. The molecule has 0 spiro atoms. The minimum atomic E-state index is -3.51. The molecule has 1 fully saturated rings. The first-order valence-electron chi connectivity index (χ1n) is 11.8. The Bertz CT molecular complexity index is 1350. The molecule has 1 saturated heterocycles. The molecule has 2 heterocycles. The smallest absolute Gasteiger partial charge is 0.255 e. The SMILES string of the molecule is O=C(Nc1ccc2c(c1)CCC(=O)N2Cc1ccccc1)c1ccc(S(=O)(=O)N2CCCC2)cc1. The normalized spacial score (nSPS) is 16.2. The summed E-state index contributed by atoms with van der Waals surface area (Å²) in [5.41, 5.74) is 3.94. The third-order valence-corrected chi connectivity index (χ3v) is 8.45. The Morgan fingerprint density at radius 1 is 0.886 bits per heavy atom. The Kier molecular flexibility index (Phi) is 6.40. The lowest BCUT2D eigenvalue weighted by Crippen LogP contribution is -2.34. The molecule has 3 aromatic rings. The van der Waals surface area contributed by atoms with Gasteiger partial charge in [0.05, 0.1) is 11.4 Å². The molecule has 0 radical (unpaired) electrons. The summed E-state index contributed by atoms with van der Waals surface area (Å²) in [7, 11) is -3.51. The second kappa shape index (κ2) is 9.64. The average molecular weight is 490 g/mol. The molecule has 0 aliphatic carbocycles. The van der Waals surface area contributed by atoms with Crippen LogP contribution in [-0.2, 0) is 27.8 Å². The van der Waals surface area contributed by atoms with Crippen molar-refractivity contribution in [2.45, 2.75) is 37.1 Å². The topological polar surface area (TPSA) is 86.8 Å². The standard InChI is InChI=1S/C27H27N3O4S/c31-26-15-10-22-18-23(11-14-25(22)30(26)19-20-6-2-1-3-7-20)28-27(32)21-8-12-24(13-9-21)35(33,34)29-16-4-5-17-29/h1-3,6-9,11-14,18H,4-5,10,15-17,19H2,(H,28,32). The Labute approximate surface area is 205 Å². The first-order valence-corrected chi connectivity index (χ1v) is 13.2. The summed E-state index contributed by atoms with van der Waals surface area (Å²) in [4.78, 5) is 27.4. The molecule has 7 nitrogen and oxygen atoms in total. The number of fused-ring (bicyclic) bond motifs is 1. The van der Waals surface area contributed by atoms with E-state index in [4.69, 9.17) is 0 Å². The largest absolute Gasteiger partial charge is 0.322 e. The van der Waals surface area contributed by atoms with Gasteiger partial charge in [0, 0.05) is 36.4 Å². The molecule has 2 aliphatic rings. The highest BCUT2D eigenvalue weighted by Crippen LogP contribution is 2.32. The second-order valence-electron chi connectivity index (χ2n) is 8.90. The number of carbonyl (C=O) groups excluding carboxylic acids is 2. The molecule has 3 aromatic carbocycles. The van der Waals surface area contributed by atoms with Crippen molar-refractivity contribution in [2.75, 3.05) is 23.3 Å². The number of amides is 2. The van der Waals surface area contributed by atoms with Crippen molar-refractivity contribution in [3.8, 4) is 0 Å². The van der Waals surface area contributed by atoms with Crippen LogP contribution in [0.2, 0.25) is 0 Å². The van der Waals surface area contributed by atoms with Crippen LogP contribution in [0, 0.1) is 0 Å². The van der Waals surface area contributed by atoms with E-state index in [1.54, 1.807) is 11.0 Å². The molecular formula is C27H27N3O4S. The van der Waals surface area contributed by atoms with Gasteiger partial charge < -0.3 is 10.2 Å². The summed E-state index contributed by atoms with van der Waals surface area (Å²) in [6, 6.07) is 21.5. The fourth-order valence-corrected chi connectivity index (χ4v) is 6.15. The van der Waals surface area contributed by atoms with Crippen molar-refractivity contribution in [2.24, 2.45) is 0 Å². The molecule has 8 heteroatoms. The molecule has 0 unspecified atom stereocenters. The molecular weight excluding hydrogens is 462 g/mol. The van der Waals surface area contributed by atoms with E-state index in [1.165, 1.54) is 28.6 Å². The van der Waals surface area contributed by atoms with Crippen LogP contribution in [0.4, 0.5) is 11.4 Å². The van der Waals surface area contributed by atoms with Crippen molar-refractivity contribution in [1.82, 2.24) is 4.31 Å². The molecule has 35 heavy (non-hydrogen) atoms. The van der Waals surface area contributed by atoms with Gasteiger partial charge in [0.15, 0.2) is 0 Å². The highest BCUT2D eigenvalue weighted by atomic mass is 32.2. The number of nitrogens with zero attached hydrogens (tertiary/aromatic N) is 2. The summed E-state index contributed by atoms with van der Waals surface area (Å²) in [6.07, 6.45) is 2.79. The Morgan fingerprint density at radius 2 is 1.60 bits per heavy atom. The molecule has 2 amide bonds. The van der Waals surface area contributed by atoms with Gasteiger partial charge in [-0.25, -0.2) is 8.42 Å². The molecule has 0 saturated carbocycles. The Balaban J connectivity index is 1.30. The third kappa shape index (κ3) is 4.85. The van der Waals surface area contributed by atoms with Crippen LogP contribution in [0.15, 0.2) is 77.7 Å². The van der Waals surface area contributed by atoms with E-state index >= 15 is 0 Å². The van der Waals surface area contributed by atoms with Gasteiger partial charge in [-0.2, -0.15) is 4.31 Å². The summed E-state index contributed by atoms with van der Waals surface area (Å²) < 4.78 is 26.9. The minimum absolute atomic E-state index is 0.0853. The van der Waals surface area contributed by atoms with E-state index in [9.17, 15) is 18.0 Å². The molecule has 1 N–H and O–H groups in total. The average Bonchev–Trinajstić information content (AvgIpc) is 3.43. The molecule has 180 valence electrons. The fourth-order valence-electron chi connectivity index (χ4n) is 4.64. The number of benzene rings is 3. The summed E-state index contributed by atoms with van der Waals surface area (Å²) in [5, 5.41) is 2.90. The predicted octanol–water partition coefficient (Wildman–Crippen LogP) is 4.20. The lowest BCUT2D eigenvalue weighted by molar-refractivity contribution is -0.119. The molecule has 0 aromatic heterocycles. The maximum absolute atomic E-state index is 12.8. The van der Waals surface area contributed by atoms with E-state index in [1.807, 2.05) is 42.5 Å². The van der Waals surface area contributed by atoms with E-state index in [0.29, 0.717) is 43.7 Å². The molecule has 5 rings (SSSR count). The lowest BCUT2D eigenvalue weighted by Gasteiger charge is -2.30. The number of aryl methyl sites for hydroxylation is 1. The predicted molar refractivity (Wildman–Crippen MR) is 135 cm³/mol. The van der Waals surface area contributed by atoms with Gasteiger partial charge in [0.25, 0.3) is 5.91 Å². The summed E-state index contributed by atoms with van der Waals surface area (Å²) in [6.45, 7) is 1.58. The first kappa shape index (κ1) is 23.3. The van der Waals surface area contributed by atoms with Crippen molar-refractivity contribution >= 4 is 33.2 Å². The van der Waals surface area contributed by atoms with Crippen LogP contribution in [0.5, 0.6) is 0 Å². The van der Waals surface area contributed by atoms with Gasteiger partial charge in [0.2, 0.25) is 15.9 Å². The third-order valence-electron chi connectivity index (χ3n) is 6.54. The molecule has 0 bridgehead atoms. The fraction of sp³-hybridized carbons (Fsp3) is 0.259. The van der Waals surface area contributed by atoms with Crippen molar-refractivity contribution in [1.29, 1.82) is 0 Å². The van der Waals surface area contributed by atoms with E-state index in [-0.39, 0.29) is 16.7 Å². The highest BCUT2D eigenvalue weighted by molar-refractivity contribution is 7.89. The number of hydrogen-bond donors (Lipinski definition) is 1. The Hall–Kier alpha value is -3.49. The zero-order valence-corrected chi connectivity index (χ0v) is 20.1. The number of carbonyl (C=O) groups is 2. The first-order chi connectivity index (χ1) is 16.9. The van der Waals surface area contributed by atoms with Gasteiger partial charge >= 0.3 is 0 Å². The van der Waals surface area contributed by atoms with Crippen LogP contribution in [0.1, 0.15) is 40.7 Å². The van der Waals surface area contributed by atoms with Crippen LogP contribution < -0.4 is 10.2 Å². The van der Waals surface area contributed by atoms with Crippen LogP contribution in [0.25, 0.3) is 0 Å². The van der Waals surface area contributed by atoms with Crippen LogP contribution >= 0.6 is 0 Å². The zero-order chi connectivity index (χ0) is 24.4. The maximum Gasteiger partial charge on any atom is 0.255 e. The van der Waals surface area contributed by atoms with E-state index in [2.05, 4.69) is 5.32 Å². The van der Waals surface area contributed by atoms with Gasteiger partial charge in [-0.3, -0.25) is 9.59 Å². The minimum Gasteiger partial charge on any atom is -0.322 e. The van der Waals surface area contributed by atoms with Gasteiger partial charge in [-0.05, 0) is 72.9 Å². The number of anilines is 2. The quantitative estimate of drug-likeness (QED) is 0.562. The van der Waals surface area contributed by atoms with Crippen molar-refractivity contribution in [3.05, 3.63) is 89.5 Å². The van der Waals surface area contributed by atoms with Crippen molar-refractivity contribution in [3.63, 3.8) is 0 Å². The lowest BCUT2D eigenvalue weighted by atomic mass is 9.99. The van der Waals surface area contributed by atoms with Crippen molar-refractivity contribution < 1.29 is 18.0 Å². The van der Waals surface area contributed by atoms with E-state index < -0.39 is 10.0 Å². The van der Waals surface area contributed by atoms with Crippen LogP contribution in [-0.4, -0.2) is 37.6 Å². The summed E-state index contributed by atoms with van der Waals surface area (Å²) in [5.74, 6) is -0.231. The summed E-state index contributed by atoms with van der Waals surface area (Å²) >= 11 is 0. The second-order valence-corrected chi connectivity index (χ2v) is 10.8. The molecule has 2 aliphatic heterocycles. The molecule has 0 atom stereocenters. The van der Waals surface area contributed by atoms with Gasteiger partial charge in [-0.15, -0.1) is 0 Å². The monoisotopic (exact) mass is 489 g/mol. The number of hydrogen-bond acceptors (Lipinski definition) is 4. The van der Waals surface area contributed by atoms with Crippen LogP contribution in [0.3, 0.4) is 0 Å². The Morgan fingerprint density at radius 3 is 2.31 bits per heavy atom. The number of sulfonamides is 1. The highest BCUT2D eigenvalue weighted by Gasteiger charge is 2.27. The van der Waals surface area contributed by atoms with Gasteiger partial charge in [-0.1, -0.05) is 30.3 Å². The maximum atomic E-state index is 12.8. The number of rotatable bonds is 6. The van der Waals surface area contributed by atoms with Gasteiger partial charge in [0.1, 0.15) is 0 Å². The van der Waals surface area contributed by atoms with E-state index in [0.717, 1.165) is 29.7 Å². The number of nitrogens with one attached hydrogen (secondary N) is 1.